The van der Waals surface area contributed by atoms with Crippen molar-refractivity contribution in [1.82, 2.24) is 14.6 Å². The Morgan fingerprint density at radius 3 is 2.77 bits per heavy atom. The van der Waals surface area contributed by atoms with Crippen molar-refractivity contribution in [3.63, 3.8) is 0 Å². The summed E-state index contributed by atoms with van der Waals surface area (Å²) in [5, 5.41) is 17.4. The maximum atomic E-state index is 9.69. The maximum absolute atomic E-state index is 9.69. The van der Waals surface area contributed by atoms with E-state index in [9.17, 15) is 5.21 Å². The normalized spacial score (nSPS) is 27.0. The van der Waals surface area contributed by atoms with E-state index in [2.05, 4.69) is 22.2 Å². The van der Waals surface area contributed by atoms with Crippen LogP contribution in [0.5, 0.6) is 0 Å². The van der Waals surface area contributed by atoms with Crippen molar-refractivity contribution < 1.29 is 14.7 Å². The summed E-state index contributed by atoms with van der Waals surface area (Å²) in [5.41, 5.74) is 13.2. The third kappa shape index (κ3) is 3.06. The second-order valence-corrected chi connectivity index (χ2v) is 7.52. The number of amidine groups is 1. The molecule has 0 amide bonds. The molecule has 0 spiro atoms. The van der Waals surface area contributed by atoms with Crippen LogP contribution in [0.3, 0.4) is 0 Å². The van der Waals surface area contributed by atoms with Crippen LogP contribution in [-0.4, -0.2) is 37.8 Å². The van der Waals surface area contributed by atoms with Crippen molar-refractivity contribution in [1.29, 1.82) is 0 Å². The maximum Gasteiger partial charge on any atom is 0.197 e. The summed E-state index contributed by atoms with van der Waals surface area (Å²) in [6.45, 7) is 4.44. The van der Waals surface area contributed by atoms with E-state index >= 15 is 0 Å². The lowest BCUT2D eigenvalue weighted by molar-refractivity contribution is -0.0758. The van der Waals surface area contributed by atoms with Gasteiger partial charge in [0.2, 0.25) is 0 Å². The Bertz CT molecular complexity index is 1050. The Hall–Kier alpha value is -3.17. The van der Waals surface area contributed by atoms with Gasteiger partial charge in [-0.05, 0) is 24.1 Å². The summed E-state index contributed by atoms with van der Waals surface area (Å²) in [5.74, 6) is 0.204. The summed E-state index contributed by atoms with van der Waals surface area (Å²) in [4.78, 5) is 4.04. The minimum absolute atomic E-state index is 0.0243. The summed E-state index contributed by atoms with van der Waals surface area (Å²) in [7, 11) is 0. The Kier molecular flexibility index (Phi) is 5.31. The molecule has 0 radical (unpaired) electrons. The number of aromatic nitrogens is 3. The highest BCUT2D eigenvalue weighted by atomic mass is 16.6. The molecule has 1 aliphatic rings. The molecule has 1 aromatic carbocycles. The van der Waals surface area contributed by atoms with Gasteiger partial charge in [0.1, 0.15) is 17.9 Å². The van der Waals surface area contributed by atoms with Gasteiger partial charge in [0.25, 0.3) is 0 Å². The average Bonchev–Trinajstić information content (AvgIpc) is 3.33. The van der Waals surface area contributed by atoms with Crippen LogP contribution in [0.15, 0.2) is 53.9 Å². The van der Waals surface area contributed by atoms with E-state index in [0.29, 0.717) is 23.6 Å². The number of anilines is 1. The first-order valence-electron chi connectivity index (χ1n) is 9.93. The summed E-state index contributed by atoms with van der Waals surface area (Å²) < 4.78 is 14.5. The average molecular weight is 410 g/mol. The lowest BCUT2D eigenvalue weighted by atomic mass is 9.85. The summed E-state index contributed by atoms with van der Waals surface area (Å²) in [6, 6.07) is 13.4. The predicted octanol–water partition coefficient (Wildman–Crippen LogP) is 2.28. The number of oxime groups is 1. The number of nitrogens with two attached hydrogens (primary N) is 2. The molecule has 30 heavy (non-hydrogen) atoms. The molecule has 2 aromatic heterocycles. The summed E-state index contributed by atoms with van der Waals surface area (Å²) in [6.07, 6.45) is 1.43. The van der Waals surface area contributed by atoms with E-state index in [4.69, 9.17) is 20.9 Å². The molecule has 158 valence electrons. The molecule has 1 aliphatic heterocycles. The third-order valence-electron chi connectivity index (χ3n) is 5.83. The quantitative estimate of drug-likeness (QED) is 0.246. The molecule has 4 atom stereocenters. The van der Waals surface area contributed by atoms with Crippen LogP contribution in [0.2, 0.25) is 0 Å². The molecule has 0 bridgehead atoms. The van der Waals surface area contributed by atoms with Gasteiger partial charge < -0.3 is 26.1 Å². The van der Waals surface area contributed by atoms with Gasteiger partial charge in [-0.3, -0.25) is 0 Å². The molecule has 9 nitrogen and oxygen atoms in total. The molecular weight excluding hydrogens is 384 g/mol. The fraction of sp³-hybridized carbons (Fsp3) is 0.381. The van der Waals surface area contributed by atoms with E-state index in [0.717, 1.165) is 12.0 Å². The topological polar surface area (TPSA) is 133 Å². The predicted molar refractivity (Wildman–Crippen MR) is 112 cm³/mol. The van der Waals surface area contributed by atoms with Gasteiger partial charge in [-0.15, -0.1) is 0 Å². The minimum Gasteiger partial charge on any atom is -0.409 e. The zero-order valence-corrected chi connectivity index (χ0v) is 17.0. The Balaban J connectivity index is 1.85. The van der Waals surface area contributed by atoms with Crippen LogP contribution in [0.25, 0.3) is 5.52 Å². The second kappa shape index (κ2) is 7.92. The number of ether oxygens (including phenoxy) is 2. The van der Waals surface area contributed by atoms with E-state index in [-0.39, 0.29) is 17.9 Å². The number of benzene rings is 1. The Morgan fingerprint density at radius 1 is 1.30 bits per heavy atom. The molecule has 1 unspecified atom stereocenters. The fourth-order valence-electron chi connectivity index (χ4n) is 4.31. The molecule has 4 rings (SSSR count). The van der Waals surface area contributed by atoms with Gasteiger partial charge in [0, 0.05) is 5.92 Å². The first-order chi connectivity index (χ1) is 14.5. The Morgan fingerprint density at radius 2 is 2.07 bits per heavy atom. The number of nitrogens with zero attached hydrogens (tertiary/aromatic N) is 4. The molecular formula is C21H26N6O3. The molecule has 0 saturated carbocycles. The van der Waals surface area contributed by atoms with Crippen LogP contribution in [-0.2, 0) is 21.7 Å². The van der Waals surface area contributed by atoms with E-state index in [1.807, 2.05) is 43.3 Å². The second-order valence-electron chi connectivity index (χ2n) is 7.52. The van der Waals surface area contributed by atoms with Crippen molar-refractivity contribution in [3.05, 3.63) is 60.0 Å². The van der Waals surface area contributed by atoms with E-state index < -0.39 is 11.7 Å². The van der Waals surface area contributed by atoms with E-state index in [1.165, 1.54) is 6.33 Å². The van der Waals surface area contributed by atoms with E-state index in [1.54, 1.807) is 10.6 Å². The zero-order valence-electron chi connectivity index (χ0n) is 17.0. The number of fused-ring (bicyclic) bond motifs is 1. The number of hydrogen-bond donors (Lipinski definition) is 3. The van der Waals surface area contributed by atoms with Crippen molar-refractivity contribution in [2.45, 2.75) is 44.7 Å². The van der Waals surface area contributed by atoms with Crippen LogP contribution < -0.4 is 11.5 Å². The highest BCUT2D eigenvalue weighted by molar-refractivity contribution is 5.91. The first kappa shape index (κ1) is 20.1. The van der Waals surface area contributed by atoms with Gasteiger partial charge in [-0.25, -0.2) is 9.50 Å². The number of nitrogen functional groups attached to an aromatic ring is 1. The molecule has 3 heterocycles. The van der Waals surface area contributed by atoms with Gasteiger partial charge in [-0.1, -0.05) is 49.3 Å². The monoisotopic (exact) mass is 410 g/mol. The first-order valence-corrected chi connectivity index (χ1v) is 9.93. The lowest BCUT2D eigenvalue weighted by Gasteiger charge is -2.33. The number of rotatable bonds is 6. The molecule has 9 heteroatoms. The standard InChI is InChI=1S/C21H26N6O3/c1-3-16-13(2)18(29-11-14-7-5-4-6-8-14)21(30-16,20(23)26-28)17-10-9-15-19(22)24-12-25-27(15)17/h4-10,12-13,16,18,28H,3,11H2,1-2H3,(H2,23,26)(H2,22,24,25)/t13?,16-,18+,21+/m1/s1. The number of hydrogen-bond acceptors (Lipinski definition) is 7. The van der Waals surface area contributed by atoms with Crippen molar-refractivity contribution in [2.75, 3.05) is 5.73 Å². The molecule has 1 saturated heterocycles. The van der Waals surface area contributed by atoms with Crippen LogP contribution in [0, 0.1) is 5.92 Å². The largest absolute Gasteiger partial charge is 0.409 e. The van der Waals surface area contributed by atoms with Crippen molar-refractivity contribution >= 4 is 17.2 Å². The van der Waals surface area contributed by atoms with Gasteiger partial charge in [0.05, 0.1) is 18.4 Å². The fourth-order valence-corrected chi connectivity index (χ4v) is 4.31. The van der Waals surface area contributed by atoms with Gasteiger partial charge in [0.15, 0.2) is 17.3 Å². The summed E-state index contributed by atoms with van der Waals surface area (Å²) >= 11 is 0. The Labute approximate surface area is 174 Å². The molecule has 1 fully saturated rings. The smallest absolute Gasteiger partial charge is 0.197 e. The third-order valence-corrected chi connectivity index (χ3v) is 5.83. The highest BCUT2D eigenvalue weighted by Crippen LogP contribution is 2.46. The molecule has 3 aromatic rings. The molecule has 5 N–H and O–H groups in total. The van der Waals surface area contributed by atoms with Crippen LogP contribution in [0.1, 0.15) is 31.5 Å². The van der Waals surface area contributed by atoms with Gasteiger partial charge >= 0.3 is 0 Å². The van der Waals surface area contributed by atoms with Crippen molar-refractivity contribution in [2.24, 2.45) is 16.8 Å². The van der Waals surface area contributed by atoms with Crippen LogP contribution >= 0.6 is 0 Å². The SMILES string of the molecule is CC[C@H]1O[C@@](/C(N)=N/O)(c2ccc3c(N)ncnn23)[C@@H](OCc2ccccc2)C1C. The highest BCUT2D eigenvalue weighted by Gasteiger charge is 2.59. The molecule has 0 aliphatic carbocycles. The van der Waals surface area contributed by atoms with Crippen molar-refractivity contribution in [3.8, 4) is 0 Å². The lowest BCUT2D eigenvalue weighted by Crippen LogP contribution is -2.51. The minimum atomic E-state index is -1.34. The van der Waals surface area contributed by atoms with Gasteiger partial charge in [-0.2, -0.15) is 5.10 Å². The van der Waals surface area contributed by atoms with Crippen LogP contribution in [0.4, 0.5) is 5.82 Å². The zero-order chi connectivity index (χ0) is 21.3.